The molecule has 168 valence electrons. The van der Waals surface area contributed by atoms with Gasteiger partial charge in [0, 0.05) is 25.8 Å². The summed E-state index contributed by atoms with van der Waals surface area (Å²) in [5, 5.41) is 3.60. The molecule has 3 aliphatic rings. The molecule has 7 heteroatoms. The summed E-state index contributed by atoms with van der Waals surface area (Å²) in [4.78, 5) is 34.6. The van der Waals surface area contributed by atoms with Crippen LogP contribution in [0.15, 0.2) is 48.5 Å². The Labute approximate surface area is 189 Å². The molecule has 7 nitrogen and oxygen atoms in total. The fraction of sp³-hybridized carbons (Fsp3) is 0.440. The number of carbonyl (C=O) groups is 2. The molecule has 2 aromatic carbocycles. The van der Waals surface area contributed by atoms with E-state index >= 15 is 0 Å². The van der Waals surface area contributed by atoms with Crippen molar-refractivity contribution >= 4 is 17.6 Å². The maximum atomic E-state index is 13.7. The topological polar surface area (TPSA) is 59.1 Å². The van der Waals surface area contributed by atoms with E-state index in [4.69, 9.17) is 0 Å². The molecule has 3 saturated heterocycles. The van der Waals surface area contributed by atoms with Gasteiger partial charge in [-0.25, -0.2) is 4.79 Å². The fourth-order valence-corrected chi connectivity index (χ4v) is 5.36. The van der Waals surface area contributed by atoms with Gasteiger partial charge in [-0.2, -0.15) is 0 Å². The second-order valence-electron chi connectivity index (χ2n) is 9.53. The molecule has 2 aromatic rings. The number of nitrogens with zero attached hydrogens (tertiary/aromatic N) is 4. The Kier molecular flexibility index (Phi) is 5.18. The first-order valence-electron chi connectivity index (χ1n) is 11.3. The Morgan fingerprint density at radius 2 is 1.72 bits per heavy atom. The second-order valence-corrected chi connectivity index (χ2v) is 9.53. The normalized spacial score (nSPS) is 28.2. The molecule has 4 unspecified atom stereocenters. The zero-order valence-electron chi connectivity index (χ0n) is 19.2. The van der Waals surface area contributed by atoms with E-state index in [9.17, 15) is 9.59 Å². The summed E-state index contributed by atoms with van der Waals surface area (Å²) in [6, 6.07) is 15.8. The van der Waals surface area contributed by atoms with E-state index in [1.807, 2.05) is 31.2 Å². The van der Waals surface area contributed by atoms with Crippen molar-refractivity contribution in [2.24, 2.45) is 5.92 Å². The number of likely N-dealkylation sites (N-methyl/N-ethyl adjacent to an activating group) is 1. The van der Waals surface area contributed by atoms with Gasteiger partial charge < -0.3 is 9.80 Å². The molecular formula is C25H31N5O2. The first-order chi connectivity index (χ1) is 15.3. The van der Waals surface area contributed by atoms with Gasteiger partial charge >= 0.3 is 6.03 Å². The van der Waals surface area contributed by atoms with Gasteiger partial charge in [-0.1, -0.05) is 48.9 Å². The third-order valence-corrected chi connectivity index (χ3v) is 6.84. The molecule has 0 radical (unpaired) electrons. The lowest BCUT2D eigenvalue weighted by atomic mass is 10.0. The summed E-state index contributed by atoms with van der Waals surface area (Å²) in [5.41, 5.74) is 4.42. The van der Waals surface area contributed by atoms with Gasteiger partial charge in [0.25, 0.3) is 5.91 Å². The molecule has 3 amide bonds. The van der Waals surface area contributed by atoms with Crippen LogP contribution in [0.25, 0.3) is 0 Å². The largest absolute Gasteiger partial charge is 0.343 e. The van der Waals surface area contributed by atoms with Crippen LogP contribution in [0.4, 0.5) is 10.5 Å². The number of nitrogens with one attached hydrogen (secondary N) is 1. The number of rotatable bonds is 3. The summed E-state index contributed by atoms with van der Waals surface area (Å²) in [6.07, 6.45) is -0.465. The van der Waals surface area contributed by atoms with Crippen LogP contribution in [-0.2, 0) is 11.3 Å². The number of fused-ring (bicyclic) bond motifs is 3. The quantitative estimate of drug-likeness (QED) is 0.807. The Morgan fingerprint density at radius 3 is 2.44 bits per heavy atom. The SMILES string of the molecule is Cc1cccc(CN2C(=O)C3C(NC4N(c5cccc(C)c5)CC(C)CN34)N(C)C2=O)c1. The molecule has 5 rings (SSSR count). The number of aryl methyl sites for hydroxylation is 2. The molecule has 3 heterocycles. The lowest BCUT2D eigenvalue weighted by Crippen LogP contribution is -2.66. The zero-order valence-corrected chi connectivity index (χ0v) is 19.2. The Balaban J connectivity index is 1.46. The van der Waals surface area contributed by atoms with Gasteiger partial charge in [0.05, 0.1) is 6.54 Å². The number of urea groups is 1. The smallest absolute Gasteiger partial charge is 0.328 e. The van der Waals surface area contributed by atoms with Crippen LogP contribution in [0.5, 0.6) is 0 Å². The predicted molar refractivity (Wildman–Crippen MR) is 124 cm³/mol. The first-order valence-corrected chi connectivity index (χ1v) is 11.3. The molecule has 0 aliphatic carbocycles. The van der Waals surface area contributed by atoms with E-state index in [0.717, 1.165) is 29.9 Å². The van der Waals surface area contributed by atoms with Gasteiger partial charge in [0.2, 0.25) is 0 Å². The average Bonchev–Trinajstić information content (AvgIpc) is 3.14. The molecule has 0 bridgehead atoms. The Hall–Kier alpha value is -2.90. The monoisotopic (exact) mass is 433 g/mol. The van der Waals surface area contributed by atoms with E-state index in [1.165, 1.54) is 10.5 Å². The fourth-order valence-electron chi connectivity index (χ4n) is 5.36. The number of benzene rings is 2. The van der Waals surface area contributed by atoms with E-state index in [1.54, 1.807) is 11.9 Å². The number of anilines is 1. The van der Waals surface area contributed by atoms with Crippen molar-refractivity contribution in [3.63, 3.8) is 0 Å². The van der Waals surface area contributed by atoms with Gasteiger partial charge in [-0.3, -0.25) is 19.9 Å². The van der Waals surface area contributed by atoms with Crippen molar-refractivity contribution in [1.29, 1.82) is 0 Å². The van der Waals surface area contributed by atoms with E-state index in [0.29, 0.717) is 12.5 Å². The average molecular weight is 434 g/mol. The predicted octanol–water partition coefficient (Wildman–Crippen LogP) is 2.74. The van der Waals surface area contributed by atoms with E-state index in [2.05, 4.69) is 53.2 Å². The van der Waals surface area contributed by atoms with Crippen LogP contribution in [0.1, 0.15) is 23.6 Å². The van der Waals surface area contributed by atoms with Gasteiger partial charge in [-0.05, 0) is 43.0 Å². The van der Waals surface area contributed by atoms with E-state index in [-0.39, 0.29) is 24.4 Å². The van der Waals surface area contributed by atoms with Crippen molar-refractivity contribution < 1.29 is 9.59 Å². The van der Waals surface area contributed by atoms with Crippen molar-refractivity contribution in [2.45, 2.75) is 45.8 Å². The zero-order chi connectivity index (χ0) is 22.6. The van der Waals surface area contributed by atoms with Crippen LogP contribution >= 0.6 is 0 Å². The summed E-state index contributed by atoms with van der Waals surface area (Å²) in [6.45, 7) is 8.34. The van der Waals surface area contributed by atoms with Crippen molar-refractivity contribution in [3.05, 3.63) is 65.2 Å². The maximum absolute atomic E-state index is 13.7. The molecule has 0 spiro atoms. The highest BCUT2D eigenvalue weighted by Gasteiger charge is 2.56. The number of hydrogen-bond donors (Lipinski definition) is 1. The second kappa shape index (κ2) is 7.90. The van der Waals surface area contributed by atoms with E-state index < -0.39 is 6.04 Å². The number of amides is 3. The summed E-state index contributed by atoms with van der Waals surface area (Å²) in [7, 11) is 1.79. The van der Waals surface area contributed by atoms with Gasteiger partial charge in [0.1, 0.15) is 18.5 Å². The van der Waals surface area contributed by atoms with Crippen molar-refractivity contribution in [1.82, 2.24) is 20.0 Å². The minimum absolute atomic E-state index is 0.118. The molecular weight excluding hydrogens is 402 g/mol. The van der Waals surface area contributed by atoms with Crippen LogP contribution < -0.4 is 10.2 Å². The summed E-state index contributed by atoms with van der Waals surface area (Å²) >= 11 is 0. The highest BCUT2D eigenvalue weighted by molar-refractivity contribution is 6.00. The van der Waals surface area contributed by atoms with Gasteiger partial charge in [0.15, 0.2) is 0 Å². The number of hydrogen-bond acceptors (Lipinski definition) is 5. The molecule has 3 aliphatic heterocycles. The highest BCUT2D eigenvalue weighted by Crippen LogP contribution is 2.35. The number of carbonyl (C=O) groups excluding carboxylic acids is 2. The first kappa shape index (κ1) is 21.0. The maximum Gasteiger partial charge on any atom is 0.328 e. The standard InChI is InChI=1S/C25H31N5O2/c1-16-7-5-9-19(11-16)15-30-23(31)21-22(27(4)25(30)32)26-24-28(13-18(3)14-29(21)24)20-10-6-8-17(2)12-20/h5-12,18,21-22,24,26H,13-15H2,1-4H3. The van der Waals surface area contributed by atoms with Crippen LogP contribution in [-0.4, -0.2) is 65.3 Å². The minimum atomic E-state index is -0.400. The molecule has 4 atom stereocenters. The Bertz CT molecular complexity index is 1060. The molecule has 32 heavy (non-hydrogen) atoms. The summed E-state index contributed by atoms with van der Waals surface area (Å²) < 4.78 is 0. The van der Waals surface area contributed by atoms with Crippen LogP contribution in [0.2, 0.25) is 0 Å². The van der Waals surface area contributed by atoms with Crippen LogP contribution in [0, 0.1) is 19.8 Å². The molecule has 0 aromatic heterocycles. The Morgan fingerprint density at radius 1 is 1.00 bits per heavy atom. The summed E-state index contributed by atoms with van der Waals surface area (Å²) in [5.74, 6) is 0.279. The van der Waals surface area contributed by atoms with Crippen molar-refractivity contribution in [3.8, 4) is 0 Å². The third kappa shape index (κ3) is 3.45. The van der Waals surface area contributed by atoms with Crippen molar-refractivity contribution in [2.75, 3.05) is 25.0 Å². The molecule has 1 N–H and O–H groups in total. The lowest BCUT2D eigenvalue weighted by molar-refractivity contribution is -0.139. The van der Waals surface area contributed by atoms with Crippen LogP contribution in [0.3, 0.4) is 0 Å². The number of imide groups is 1. The molecule has 0 saturated carbocycles. The minimum Gasteiger partial charge on any atom is -0.343 e. The third-order valence-electron chi connectivity index (χ3n) is 6.84. The van der Waals surface area contributed by atoms with Gasteiger partial charge in [-0.15, -0.1) is 0 Å². The molecule has 3 fully saturated rings. The lowest BCUT2D eigenvalue weighted by Gasteiger charge is -2.46. The highest BCUT2D eigenvalue weighted by atomic mass is 16.2.